The lowest BCUT2D eigenvalue weighted by Crippen LogP contribution is -2.56. The zero-order chi connectivity index (χ0) is 10.0. The highest BCUT2D eigenvalue weighted by molar-refractivity contribution is 14.1. The van der Waals surface area contributed by atoms with Crippen LogP contribution in [0.1, 0.15) is 0 Å². The highest BCUT2D eigenvalue weighted by Crippen LogP contribution is 2.26. The topological polar surface area (TPSA) is 79.2 Å². The first-order chi connectivity index (χ1) is 6.11. The minimum Gasteiger partial charge on any atom is -0.394 e. The molecule has 5 atom stereocenters. The van der Waals surface area contributed by atoms with Crippen molar-refractivity contribution in [3.63, 3.8) is 0 Å². The average molecular weight is 300 g/mol. The molecule has 0 radical (unpaired) electrons. The molecule has 0 aromatic rings. The van der Waals surface area contributed by atoms with Crippen molar-refractivity contribution in [1.82, 2.24) is 0 Å². The second kappa shape index (κ2) is 4.85. The molecule has 1 aliphatic rings. The first-order valence-electron chi connectivity index (χ1n) is 3.91. The van der Waals surface area contributed by atoms with Gasteiger partial charge in [-0.3, -0.25) is 0 Å². The number of hydrogen-bond donors (Lipinski definition) is 3. The van der Waals surface area contributed by atoms with E-state index < -0.39 is 28.5 Å². The van der Waals surface area contributed by atoms with Gasteiger partial charge in [0.1, 0.15) is 12.2 Å². The zero-order valence-electron chi connectivity index (χ0n) is 7.13. The van der Waals surface area contributed by atoms with Crippen molar-refractivity contribution in [3.8, 4) is 0 Å². The molecule has 0 amide bonds. The summed E-state index contributed by atoms with van der Waals surface area (Å²) in [4.78, 5) is 0. The van der Waals surface area contributed by atoms with Crippen LogP contribution in [0.2, 0.25) is 0 Å². The summed E-state index contributed by atoms with van der Waals surface area (Å²) in [5, 5.41) is 27.9. The number of alkyl halides is 1. The molecule has 78 valence electrons. The van der Waals surface area contributed by atoms with Crippen molar-refractivity contribution >= 4 is 22.6 Å². The van der Waals surface area contributed by atoms with Crippen LogP contribution >= 0.6 is 22.6 Å². The lowest BCUT2D eigenvalue weighted by molar-refractivity contribution is -0.256. The molecule has 0 bridgehead atoms. The van der Waals surface area contributed by atoms with Crippen LogP contribution in [0.5, 0.6) is 0 Å². The number of aliphatic hydroxyl groups is 3. The van der Waals surface area contributed by atoms with Gasteiger partial charge in [0.2, 0.25) is 0 Å². The Morgan fingerprint density at radius 1 is 1.38 bits per heavy atom. The van der Waals surface area contributed by atoms with E-state index in [1.54, 1.807) is 0 Å². The Hall–Kier alpha value is 0.530. The van der Waals surface area contributed by atoms with E-state index in [1.165, 1.54) is 7.11 Å². The molecule has 1 saturated heterocycles. The number of halogens is 1. The van der Waals surface area contributed by atoms with Gasteiger partial charge in [0.05, 0.1) is 16.6 Å². The van der Waals surface area contributed by atoms with E-state index in [1.807, 2.05) is 22.6 Å². The van der Waals surface area contributed by atoms with E-state index in [2.05, 4.69) is 0 Å². The van der Waals surface area contributed by atoms with Gasteiger partial charge in [-0.1, -0.05) is 22.6 Å². The van der Waals surface area contributed by atoms with Gasteiger partial charge in [-0.15, -0.1) is 0 Å². The molecule has 0 aliphatic carbocycles. The molecule has 1 unspecified atom stereocenters. The molecule has 3 N–H and O–H groups in total. The lowest BCUT2D eigenvalue weighted by Gasteiger charge is -2.39. The van der Waals surface area contributed by atoms with Gasteiger partial charge in [0.15, 0.2) is 6.29 Å². The minimum atomic E-state index is -0.872. The second-order valence-electron chi connectivity index (χ2n) is 2.89. The Kier molecular flexibility index (Phi) is 4.33. The lowest BCUT2D eigenvalue weighted by atomic mass is 10.0. The summed E-state index contributed by atoms with van der Waals surface area (Å²) >= 11 is 1.91. The highest BCUT2D eigenvalue weighted by atomic mass is 123. The number of rotatable bonds is 2. The zero-order valence-corrected chi connectivity index (χ0v) is 9.29. The number of methoxy groups -OCH3 is 1. The first-order valence-corrected chi connectivity index (χ1v) is 5.15. The molecule has 1 rings (SSSR count). The van der Waals surface area contributed by atoms with Crippen molar-refractivity contribution in [3.05, 3.63) is 0 Å². The Morgan fingerprint density at radius 2 is 2.00 bits per heavy atom. The molecule has 13 heavy (non-hydrogen) atoms. The van der Waals surface area contributed by atoms with Crippen LogP contribution in [-0.2, 0) is 9.47 Å². The Morgan fingerprint density at radius 3 is 2.46 bits per heavy atom. The van der Waals surface area contributed by atoms with Gasteiger partial charge < -0.3 is 24.8 Å². The van der Waals surface area contributed by atoms with Crippen molar-refractivity contribution in [2.24, 2.45) is 0 Å². The SMILES string of the molecule is COC1O[C@H](CO)[C@@H](O)[C@H]([123I])[C@H]1O. The molecule has 1 heterocycles. The molecular weight excluding hydrogens is 287 g/mol. The molecule has 6 heteroatoms. The second-order valence-corrected chi connectivity index (χ2v) is 4.33. The maximum atomic E-state index is 9.52. The Bertz CT molecular complexity index is 147. The van der Waals surface area contributed by atoms with Crippen molar-refractivity contribution in [2.45, 2.75) is 28.5 Å². The summed E-state index contributed by atoms with van der Waals surface area (Å²) in [6, 6.07) is 0. The molecule has 5 nitrogen and oxygen atoms in total. The third kappa shape index (κ3) is 2.31. The minimum absolute atomic E-state index is 0.284. The molecule has 0 saturated carbocycles. The fourth-order valence-electron chi connectivity index (χ4n) is 1.24. The predicted octanol–water partition coefficient (Wildman–Crippen LogP) is -1.12. The van der Waals surface area contributed by atoms with E-state index >= 15 is 0 Å². The summed E-state index contributed by atoms with van der Waals surface area (Å²) < 4.78 is 9.56. The molecule has 1 fully saturated rings. The standard InChI is InChI=1S/C7H13IO5/c1-12-7-6(11)4(8)5(10)3(2-9)13-7/h3-7,9-11H,2H2,1H3/t3-,4+,5-,6-,7?/m1/s1/i8-4. The van der Waals surface area contributed by atoms with Crippen LogP contribution in [0.3, 0.4) is 0 Å². The van der Waals surface area contributed by atoms with Gasteiger partial charge in [-0.05, 0) is 0 Å². The molecule has 0 aromatic carbocycles. The number of ether oxygens (including phenoxy) is 2. The van der Waals surface area contributed by atoms with Crippen LogP contribution in [0.4, 0.5) is 0 Å². The van der Waals surface area contributed by atoms with Crippen LogP contribution in [0, 0.1) is 0 Å². The monoisotopic (exact) mass is 300 g/mol. The summed E-state index contributed by atoms with van der Waals surface area (Å²) in [7, 11) is 1.41. The molecular formula is C7H13IO5. The number of aliphatic hydroxyl groups excluding tert-OH is 3. The van der Waals surface area contributed by atoms with E-state index in [9.17, 15) is 10.2 Å². The maximum absolute atomic E-state index is 9.52. The Balaban J connectivity index is 2.66. The van der Waals surface area contributed by atoms with Crippen molar-refractivity contribution in [1.29, 1.82) is 0 Å². The van der Waals surface area contributed by atoms with Crippen molar-refractivity contribution < 1.29 is 24.8 Å². The maximum Gasteiger partial charge on any atom is 0.184 e. The predicted molar refractivity (Wildman–Crippen MR) is 52.6 cm³/mol. The molecule has 0 spiro atoms. The third-order valence-electron chi connectivity index (χ3n) is 2.03. The van der Waals surface area contributed by atoms with E-state index in [0.717, 1.165) is 0 Å². The van der Waals surface area contributed by atoms with Crippen LogP contribution in [0.15, 0.2) is 0 Å². The molecule has 1 aliphatic heterocycles. The smallest absolute Gasteiger partial charge is 0.184 e. The highest BCUT2D eigenvalue weighted by Gasteiger charge is 2.42. The van der Waals surface area contributed by atoms with E-state index in [0.29, 0.717) is 0 Å². The average Bonchev–Trinajstić information content (AvgIpc) is 2.15. The van der Waals surface area contributed by atoms with Gasteiger partial charge in [-0.25, -0.2) is 0 Å². The van der Waals surface area contributed by atoms with E-state index in [-0.39, 0.29) is 6.61 Å². The summed E-state index contributed by atoms with van der Waals surface area (Å²) in [5.74, 6) is 0. The van der Waals surface area contributed by atoms with Gasteiger partial charge in [0.25, 0.3) is 0 Å². The van der Waals surface area contributed by atoms with Crippen LogP contribution in [-0.4, -0.2) is 57.6 Å². The van der Waals surface area contributed by atoms with Crippen LogP contribution < -0.4 is 0 Å². The van der Waals surface area contributed by atoms with Gasteiger partial charge in [0, 0.05) is 7.11 Å². The van der Waals surface area contributed by atoms with E-state index in [4.69, 9.17) is 14.6 Å². The fraction of sp³-hybridized carbons (Fsp3) is 1.00. The summed E-state index contributed by atoms with van der Waals surface area (Å²) in [5.41, 5.74) is 0. The quantitative estimate of drug-likeness (QED) is 0.444. The Labute approximate surface area is 89.8 Å². The first kappa shape index (κ1) is 11.6. The number of hydrogen-bond acceptors (Lipinski definition) is 5. The van der Waals surface area contributed by atoms with Gasteiger partial charge >= 0.3 is 0 Å². The molecule has 0 aromatic heterocycles. The van der Waals surface area contributed by atoms with Gasteiger partial charge in [-0.2, -0.15) is 0 Å². The largest absolute Gasteiger partial charge is 0.394 e. The summed E-state index contributed by atoms with van der Waals surface area (Å²) in [6.07, 6.45) is -3.20. The fourth-order valence-corrected chi connectivity index (χ4v) is 2.04. The van der Waals surface area contributed by atoms with Crippen LogP contribution in [0.25, 0.3) is 0 Å². The van der Waals surface area contributed by atoms with Crippen molar-refractivity contribution in [2.75, 3.05) is 13.7 Å². The third-order valence-corrected chi connectivity index (χ3v) is 3.51. The normalized spacial score (nSPS) is 46.4. The summed E-state index contributed by atoms with van der Waals surface area (Å²) in [6.45, 7) is -0.284.